The third-order valence-electron chi connectivity index (χ3n) is 7.22. The third-order valence-corrected chi connectivity index (χ3v) is 7.22. The molecule has 1 rings (SSSR count). The highest BCUT2D eigenvalue weighted by atomic mass is 16.6. The predicted molar refractivity (Wildman–Crippen MR) is 188 cm³/mol. The molecular weight excluding hydrogens is 618 g/mol. The predicted octanol–water partition coefficient (Wildman–Crippen LogP) is 6.36. The number of carbonyl (C=O) groups is 1. The van der Waals surface area contributed by atoms with E-state index < -0.39 is 6.09 Å². The minimum atomic E-state index is -0.462. The second-order valence-electron chi connectivity index (χ2n) is 11.4. The molecule has 1 N–H and O–H groups in total. The largest absolute Gasteiger partial charge is 0.445 e. The van der Waals surface area contributed by atoms with Crippen molar-refractivity contribution in [3.05, 3.63) is 35.9 Å². The molecule has 280 valence electrons. The Hall–Kier alpha value is -1.83. The van der Waals surface area contributed by atoms with Crippen molar-refractivity contribution in [1.29, 1.82) is 0 Å². The van der Waals surface area contributed by atoms with Gasteiger partial charge in [-0.3, -0.25) is 0 Å². The number of hydrogen-bond donors (Lipinski definition) is 1. The van der Waals surface area contributed by atoms with E-state index in [4.69, 9.17) is 42.6 Å². The van der Waals surface area contributed by atoms with Crippen LogP contribution in [0.1, 0.15) is 83.1 Å². The molecule has 0 aliphatic heterocycles. The third kappa shape index (κ3) is 34.0. The molecule has 0 atom stereocenters. The lowest BCUT2D eigenvalue weighted by atomic mass is 10.1. The Labute approximate surface area is 290 Å². The summed E-state index contributed by atoms with van der Waals surface area (Å²) in [6, 6.07) is 9.53. The molecule has 0 saturated carbocycles. The van der Waals surface area contributed by atoms with Crippen LogP contribution in [-0.2, 0) is 49.2 Å². The van der Waals surface area contributed by atoms with Crippen LogP contribution in [-0.4, -0.2) is 118 Å². The van der Waals surface area contributed by atoms with Gasteiger partial charge in [-0.05, 0) is 12.0 Å². The summed E-state index contributed by atoms with van der Waals surface area (Å²) in [7, 11) is 0. The van der Waals surface area contributed by atoms with Gasteiger partial charge >= 0.3 is 6.09 Å². The second kappa shape index (κ2) is 38.0. The van der Waals surface area contributed by atoms with E-state index in [0.29, 0.717) is 106 Å². The number of hydrogen-bond acceptors (Lipinski definition) is 10. The van der Waals surface area contributed by atoms with Crippen molar-refractivity contribution in [1.82, 2.24) is 5.32 Å². The fraction of sp³-hybridized carbons (Fsp3) is 0.811. The van der Waals surface area contributed by atoms with Gasteiger partial charge in [-0.1, -0.05) is 101 Å². The average Bonchev–Trinajstić information content (AvgIpc) is 3.11. The smallest absolute Gasteiger partial charge is 0.407 e. The van der Waals surface area contributed by atoms with Gasteiger partial charge in [0.2, 0.25) is 0 Å². The number of nitrogens with one attached hydrogen (secondary N) is 1. The first kappa shape index (κ1) is 44.2. The molecule has 48 heavy (non-hydrogen) atoms. The number of carbonyl (C=O) groups excluding carboxylic acids is 1. The van der Waals surface area contributed by atoms with E-state index in [0.717, 1.165) is 18.6 Å². The lowest BCUT2D eigenvalue weighted by Crippen LogP contribution is -2.28. The van der Waals surface area contributed by atoms with Gasteiger partial charge in [-0.25, -0.2) is 4.79 Å². The molecular formula is C37H67NO10. The summed E-state index contributed by atoms with van der Waals surface area (Å²) in [4.78, 5) is 11.6. The maximum Gasteiger partial charge on any atom is 0.407 e. The monoisotopic (exact) mass is 685 g/mol. The van der Waals surface area contributed by atoms with Crippen LogP contribution in [0.4, 0.5) is 4.79 Å². The molecule has 0 aromatic heterocycles. The van der Waals surface area contributed by atoms with Gasteiger partial charge < -0.3 is 47.9 Å². The molecule has 0 aliphatic rings. The molecule has 11 heteroatoms. The average molecular weight is 686 g/mol. The lowest BCUT2D eigenvalue weighted by Gasteiger charge is -2.09. The maximum absolute atomic E-state index is 11.6. The molecule has 1 amide bonds. The lowest BCUT2D eigenvalue weighted by molar-refractivity contribution is -0.0230. The van der Waals surface area contributed by atoms with Crippen molar-refractivity contribution in [2.45, 2.75) is 84.2 Å². The number of alkyl carbamates (subject to hydrolysis) is 1. The second-order valence-corrected chi connectivity index (χ2v) is 11.4. The van der Waals surface area contributed by atoms with E-state index >= 15 is 0 Å². The standard InChI is InChI=1S/C37H67NO10/c1-2-3-4-5-6-7-8-9-10-11-15-19-40-21-23-42-25-27-44-29-31-46-33-34-47-32-30-45-28-26-43-24-22-41-20-18-38-37(39)48-35-36-16-13-12-14-17-36/h12-14,16-17H,2-11,15,18-35H2,1H3,(H,38,39). The summed E-state index contributed by atoms with van der Waals surface area (Å²) < 4.78 is 49.2. The van der Waals surface area contributed by atoms with Crippen LogP contribution < -0.4 is 5.32 Å². The molecule has 1 aromatic carbocycles. The highest BCUT2D eigenvalue weighted by molar-refractivity contribution is 5.67. The Morgan fingerprint density at radius 3 is 1.23 bits per heavy atom. The van der Waals surface area contributed by atoms with Crippen LogP contribution >= 0.6 is 0 Å². The van der Waals surface area contributed by atoms with Crippen molar-refractivity contribution >= 4 is 6.09 Å². The molecule has 0 aliphatic carbocycles. The van der Waals surface area contributed by atoms with E-state index in [-0.39, 0.29) is 6.61 Å². The fourth-order valence-electron chi connectivity index (χ4n) is 4.51. The summed E-state index contributed by atoms with van der Waals surface area (Å²) in [5, 5.41) is 2.65. The number of rotatable bonds is 38. The number of benzene rings is 1. The first-order valence-corrected chi connectivity index (χ1v) is 18.4. The van der Waals surface area contributed by atoms with E-state index in [1.807, 2.05) is 30.3 Å². The normalized spacial score (nSPS) is 11.3. The quantitative estimate of drug-likeness (QED) is 0.0790. The van der Waals surface area contributed by atoms with Gasteiger partial charge in [0.25, 0.3) is 0 Å². The van der Waals surface area contributed by atoms with E-state index in [2.05, 4.69) is 12.2 Å². The van der Waals surface area contributed by atoms with Crippen LogP contribution in [0.25, 0.3) is 0 Å². The Balaban J connectivity index is 1.63. The molecule has 0 spiro atoms. The van der Waals surface area contributed by atoms with Crippen molar-refractivity contribution in [3.8, 4) is 0 Å². The molecule has 0 fully saturated rings. The van der Waals surface area contributed by atoms with Crippen LogP contribution in [0.15, 0.2) is 30.3 Å². The molecule has 0 bridgehead atoms. The summed E-state index contributed by atoms with van der Waals surface area (Å²) in [6.07, 6.45) is 14.4. The summed E-state index contributed by atoms with van der Waals surface area (Å²) in [5.41, 5.74) is 0.943. The first-order valence-electron chi connectivity index (χ1n) is 18.4. The van der Waals surface area contributed by atoms with Crippen LogP contribution in [0.5, 0.6) is 0 Å². The number of ether oxygens (including phenoxy) is 9. The van der Waals surface area contributed by atoms with Crippen LogP contribution in [0.2, 0.25) is 0 Å². The van der Waals surface area contributed by atoms with Gasteiger partial charge in [-0.2, -0.15) is 0 Å². The summed E-state index contributed by atoms with van der Waals surface area (Å²) in [5.74, 6) is 0. The Bertz CT molecular complexity index is 774. The van der Waals surface area contributed by atoms with E-state index in [1.165, 1.54) is 64.2 Å². The van der Waals surface area contributed by atoms with Crippen molar-refractivity contribution < 1.29 is 47.4 Å². The molecule has 11 nitrogen and oxygen atoms in total. The van der Waals surface area contributed by atoms with Crippen LogP contribution in [0.3, 0.4) is 0 Å². The molecule has 0 unspecified atom stereocenters. The zero-order chi connectivity index (χ0) is 34.3. The highest BCUT2D eigenvalue weighted by Crippen LogP contribution is 2.11. The molecule has 1 aromatic rings. The Kier molecular flexibility index (Phi) is 35.0. The highest BCUT2D eigenvalue weighted by Gasteiger charge is 2.02. The number of unbranched alkanes of at least 4 members (excludes halogenated alkanes) is 10. The van der Waals surface area contributed by atoms with Gasteiger partial charge in [0, 0.05) is 13.2 Å². The summed E-state index contributed by atoms with van der Waals surface area (Å²) >= 11 is 0. The fourth-order valence-corrected chi connectivity index (χ4v) is 4.51. The minimum absolute atomic E-state index is 0.244. The topological polar surface area (TPSA) is 112 Å². The number of amides is 1. The maximum atomic E-state index is 11.6. The van der Waals surface area contributed by atoms with Gasteiger partial charge in [0.1, 0.15) is 6.61 Å². The zero-order valence-electron chi connectivity index (χ0n) is 30.0. The molecule has 0 saturated heterocycles. The Morgan fingerprint density at radius 2 is 0.812 bits per heavy atom. The van der Waals surface area contributed by atoms with Crippen molar-refractivity contribution in [3.63, 3.8) is 0 Å². The summed E-state index contributed by atoms with van der Waals surface area (Å²) in [6.45, 7) is 11.5. The van der Waals surface area contributed by atoms with Crippen molar-refractivity contribution in [2.75, 3.05) is 112 Å². The van der Waals surface area contributed by atoms with Crippen molar-refractivity contribution in [2.24, 2.45) is 0 Å². The molecule has 0 heterocycles. The van der Waals surface area contributed by atoms with E-state index in [1.54, 1.807) is 0 Å². The minimum Gasteiger partial charge on any atom is -0.445 e. The van der Waals surface area contributed by atoms with Gasteiger partial charge in [0.15, 0.2) is 0 Å². The Morgan fingerprint density at radius 1 is 0.458 bits per heavy atom. The first-order chi connectivity index (χ1) is 23.8. The zero-order valence-corrected chi connectivity index (χ0v) is 30.0. The van der Waals surface area contributed by atoms with Gasteiger partial charge in [-0.15, -0.1) is 0 Å². The SMILES string of the molecule is CCCCCCCCCCCCCOCCOCCOCCOCCOCCOCCOCCOCCNC(=O)OCc1ccccc1. The van der Waals surface area contributed by atoms with Gasteiger partial charge in [0.05, 0.1) is 99.1 Å². The molecule has 0 radical (unpaired) electrons. The van der Waals surface area contributed by atoms with E-state index in [9.17, 15) is 4.79 Å². The van der Waals surface area contributed by atoms with Crippen LogP contribution in [0, 0.1) is 0 Å².